The van der Waals surface area contributed by atoms with E-state index in [-0.39, 0.29) is 24.4 Å². The van der Waals surface area contributed by atoms with Gasteiger partial charge in [0.05, 0.1) is 6.04 Å². The van der Waals surface area contributed by atoms with E-state index in [0.717, 1.165) is 4.88 Å². The summed E-state index contributed by atoms with van der Waals surface area (Å²) in [5.74, 6) is -0.651. The number of rotatable bonds is 7. The van der Waals surface area contributed by atoms with E-state index in [1.54, 1.807) is 11.3 Å². The first-order chi connectivity index (χ1) is 8.99. The Labute approximate surface area is 117 Å². The highest BCUT2D eigenvalue weighted by atomic mass is 32.1. The van der Waals surface area contributed by atoms with Gasteiger partial charge in [-0.2, -0.15) is 0 Å². The summed E-state index contributed by atoms with van der Waals surface area (Å²) in [4.78, 5) is 23.2. The fourth-order valence-electron chi connectivity index (χ4n) is 1.60. The Morgan fingerprint density at radius 1 is 1.42 bits per heavy atom. The number of carbonyl (C=O) groups is 2. The molecule has 0 spiro atoms. The lowest BCUT2D eigenvalue weighted by atomic mass is 10.1. The fourth-order valence-corrected chi connectivity index (χ4v) is 2.33. The summed E-state index contributed by atoms with van der Waals surface area (Å²) in [5, 5.41) is 16.1. The number of carbonyl (C=O) groups excluding carboxylic acids is 1. The SMILES string of the molecule is CC(CCC(=O)O)CNC(=O)NC(C)c1cccs1. The topological polar surface area (TPSA) is 78.4 Å². The normalized spacial score (nSPS) is 13.6. The minimum absolute atomic E-state index is 0.0191. The van der Waals surface area contributed by atoms with Crippen molar-refractivity contribution in [2.75, 3.05) is 6.54 Å². The molecule has 0 saturated carbocycles. The second kappa shape index (κ2) is 7.78. The van der Waals surface area contributed by atoms with Gasteiger partial charge in [0.25, 0.3) is 0 Å². The predicted molar refractivity (Wildman–Crippen MR) is 75.3 cm³/mol. The third-order valence-corrected chi connectivity index (χ3v) is 3.83. The largest absolute Gasteiger partial charge is 0.481 e. The molecule has 19 heavy (non-hydrogen) atoms. The van der Waals surface area contributed by atoms with E-state index in [9.17, 15) is 9.59 Å². The van der Waals surface area contributed by atoms with Gasteiger partial charge in [0.2, 0.25) is 0 Å². The average Bonchev–Trinajstić information content (AvgIpc) is 2.87. The molecule has 1 aromatic rings. The molecule has 2 amide bonds. The second-order valence-corrected chi connectivity index (χ2v) is 5.61. The van der Waals surface area contributed by atoms with Gasteiger partial charge < -0.3 is 15.7 Å². The van der Waals surface area contributed by atoms with Crippen molar-refractivity contribution < 1.29 is 14.7 Å². The molecule has 106 valence electrons. The zero-order valence-electron chi connectivity index (χ0n) is 11.2. The predicted octanol–water partition coefficient (Wildman–Crippen LogP) is 2.61. The van der Waals surface area contributed by atoms with Crippen molar-refractivity contribution in [2.24, 2.45) is 5.92 Å². The van der Waals surface area contributed by atoms with Crippen LogP contribution in [-0.4, -0.2) is 23.7 Å². The van der Waals surface area contributed by atoms with Crippen molar-refractivity contribution in [3.63, 3.8) is 0 Å². The summed E-state index contributed by atoms with van der Waals surface area (Å²) >= 11 is 1.60. The molecule has 0 fully saturated rings. The standard InChI is InChI=1S/C13H20N2O3S/c1-9(5-6-12(16)17)8-14-13(18)15-10(2)11-4-3-7-19-11/h3-4,7,9-10H,5-6,8H2,1-2H3,(H,16,17)(H2,14,15,18). The summed E-state index contributed by atoms with van der Waals surface area (Å²) in [6, 6.07) is 3.69. The first kappa shape index (κ1) is 15.5. The monoisotopic (exact) mass is 284 g/mol. The third kappa shape index (κ3) is 6.24. The number of carboxylic acids is 1. The second-order valence-electron chi connectivity index (χ2n) is 4.63. The molecule has 0 bridgehead atoms. The summed E-state index contributed by atoms with van der Waals surface area (Å²) in [5.41, 5.74) is 0. The fraction of sp³-hybridized carbons (Fsp3) is 0.538. The van der Waals surface area contributed by atoms with Crippen LogP contribution in [0.15, 0.2) is 17.5 Å². The lowest BCUT2D eigenvalue weighted by Crippen LogP contribution is -2.38. The van der Waals surface area contributed by atoms with Crippen molar-refractivity contribution in [1.82, 2.24) is 10.6 Å². The van der Waals surface area contributed by atoms with E-state index in [2.05, 4.69) is 10.6 Å². The van der Waals surface area contributed by atoms with Gasteiger partial charge in [-0.1, -0.05) is 13.0 Å². The number of hydrogen-bond acceptors (Lipinski definition) is 3. The summed E-state index contributed by atoms with van der Waals surface area (Å²) in [7, 11) is 0. The molecule has 0 aliphatic carbocycles. The number of thiophene rings is 1. The molecule has 1 heterocycles. The summed E-state index contributed by atoms with van der Waals surface area (Å²) in [6.45, 7) is 4.33. The maximum atomic E-state index is 11.7. The Morgan fingerprint density at radius 2 is 2.16 bits per heavy atom. The highest BCUT2D eigenvalue weighted by Crippen LogP contribution is 2.17. The minimum atomic E-state index is -0.803. The molecule has 3 N–H and O–H groups in total. The summed E-state index contributed by atoms with van der Waals surface area (Å²) in [6.07, 6.45) is 0.701. The Bertz CT molecular complexity index is 406. The number of carboxylic acid groups (broad SMARTS) is 1. The lowest BCUT2D eigenvalue weighted by molar-refractivity contribution is -0.137. The van der Waals surface area contributed by atoms with Gasteiger partial charge >= 0.3 is 12.0 Å². The van der Waals surface area contributed by atoms with Gasteiger partial charge in [-0.25, -0.2) is 4.79 Å². The molecule has 0 aliphatic heterocycles. The molecule has 0 radical (unpaired) electrons. The van der Waals surface area contributed by atoms with Crippen LogP contribution in [0.1, 0.15) is 37.6 Å². The highest BCUT2D eigenvalue weighted by molar-refractivity contribution is 7.10. The van der Waals surface area contributed by atoms with Crippen LogP contribution < -0.4 is 10.6 Å². The molecule has 2 unspecified atom stereocenters. The van der Waals surface area contributed by atoms with Crippen LogP contribution >= 0.6 is 11.3 Å². The van der Waals surface area contributed by atoms with Crippen molar-refractivity contribution in [1.29, 1.82) is 0 Å². The maximum Gasteiger partial charge on any atom is 0.315 e. The molecule has 0 aromatic carbocycles. The Kier molecular flexibility index (Phi) is 6.35. The van der Waals surface area contributed by atoms with E-state index < -0.39 is 5.97 Å². The molecule has 5 nitrogen and oxygen atoms in total. The molecular formula is C13H20N2O3S. The molecule has 0 aliphatic rings. The van der Waals surface area contributed by atoms with Crippen LogP contribution in [0.4, 0.5) is 4.79 Å². The Hall–Kier alpha value is -1.56. The van der Waals surface area contributed by atoms with E-state index in [0.29, 0.717) is 13.0 Å². The van der Waals surface area contributed by atoms with Crippen molar-refractivity contribution in [3.05, 3.63) is 22.4 Å². The van der Waals surface area contributed by atoms with Crippen molar-refractivity contribution in [3.8, 4) is 0 Å². The highest BCUT2D eigenvalue weighted by Gasteiger charge is 2.11. The van der Waals surface area contributed by atoms with Crippen molar-refractivity contribution in [2.45, 2.75) is 32.7 Å². The third-order valence-electron chi connectivity index (χ3n) is 2.78. The molecule has 1 rings (SSSR count). The van der Waals surface area contributed by atoms with Gasteiger partial charge in [0, 0.05) is 17.8 Å². The van der Waals surface area contributed by atoms with Crippen molar-refractivity contribution >= 4 is 23.3 Å². The molecule has 1 aromatic heterocycles. The maximum absolute atomic E-state index is 11.7. The zero-order chi connectivity index (χ0) is 14.3. The van der Waals surface area contributed by atoms with Crippen LogP contribution in [-0.2, 0) is 4.79 Å². The molecular weight excluding hydrogens is 264 g/mol. The lowest BCUT2D eigenvalue weighted by Gasteiger charge is -2.15. The van der Waals surface area contributed by atoms with Crippen LogP contribution in [0.3, 0.4) is 0 Å². The van der Waals surface area contributed by atoms with Crippen LogP contribution in [0.2, 0.25) is 0 Å². The average molecular weight is 284 g/mol. The number of urea groups is 1. The van der Waals surface area contributed by atoms with E-state index >= 15 is 0 Å². The quantitative estimate of drug-likeness (QED) is 0.720. The first-order valence-electron chi connectivity index (χ1n) is 6.28. The molecule has 2 atom stereocenters. The number of aliphatic carboxylic acids is 1. The van der Waals surface area contributed by atoms with Gasteiger partial charge in [0.15, 0.2) is 0 Å². The van der Waals surface area contributed by atoms with Crippen LogP contribution in [0.5, 0.6) is 0 Å². The smallest absolute Gasteiger partial charge is 0.315 e. The van der Waals surface area contributed by atoms with Gasteiger partial charge in [0.1, 0.15) is 0 Å². The molecule has 6 heteroatoms. The Morgan fingerprint density at radius 3 is 2.74 bits per heavy atom. The van der Waals surface area contributed by atoms with Gasteiger partial charge in [-0.3, -0.25) is 4.79 Å². The van der Waals surface area contributed by atoms with E-state index in [1.165, 1.54) is 0 Å². The van der Waals surface area contributed by atoms with Gasteiger partial charge in [-0.05, 0) is 30.7 Å². The Balaban J connectivity index is 2.22. The van der Waals surface area contributed by atoms with Crippen LogP contribution in [0, 0.1) is 5.92 Å². The summed E-state index contributed by atoms with van der Waals surface area (Å²) < 4.78 is 0. The first-order valence-corrected chi connectivity index (χ1v) is 7.16. The zero-order valence-corrected chi connectivity index (χ0v) is 12.0. The van der Waals surface area contributed by atoms with Crippen LogP contribution in [0.25, 0.3) is 0 Å². The minimum Gasteiger partial charge on any atom is -0.481 e. The van der Waals surface area contributed by atoms with E-state index in [4.69, 9.17) is 5.11 Å². The number of nitrogens with one attached hydrogen (secondary N) is 2. The number of hydrogen-bond donors (Lipinski definition) is 3. The van der Waals surface area contributed by atoms with Gasteiger partial charge in [-0.15, -0.1) is 11.3 Å². The molecule has 0 saturated heterocycles. The van der Waals surface area contributed by atoms with E-state index in [1.807, 2.05) is 31.4 Å². The number of amides is 2.